The molecule has 1 unspecified atom stereocenters. The lowest BCUT2D eigenvalue weighted by atomic mass is 10.1. The standard InChI is InChI=1S/C15H17NO3S/c1-9(2)13(15(17)18)19-12-6-4-11(5-7-12)14-16-10(3)8-20-14/h4-9,13H,1-3H3,(H,17,18). The molecular weight excluding hydrogens is 274 g/mol. The Kier molecular flexibility index (Phi) is 4.39. The third-order valence-corrected chi connectivity index (χ3v) is 3.84. The van der Waals surface area contributed by atoms with Gasteiger partial charge >= 0.3 is 5.97 Å². The number of hydrogen-bond acceptors (Lipinski definition) is 4. The number of aryl methyl sites for hydroxylation is 1. The first-order chi connectivity index (χ1) is 9.47. The molecule has 1 aromatic heterocycles. The normalized spacial score (nSPS) is 12.4. The Bertz CT molecular complexity index is 589. The highest BCUT2D eigenvalue weighted by Gasteiger charge is 2.23. The van der Waals surface area contributed by atoms with Gasteiger partial charge in [-0.2, -0.15) is 0 Å². The minimum Gasteiger partial charge on any atom is -0.478 e. The molecule has 0 amide bonds. The van der Waals surface area contributed by atoms with Gasteiger partial charge in [0.15, 0.2) is 6.10 Å². The predicted octanol–water partition coefficient (Wildman–Crippen LogP) is 3.61. The molecule has 1 atom stereocenters. The van der Waals surface area contributed by atoms with Crippen molar-refractivity contribution in [1.82, 2.24) is 4.98 Å². The van der Waals surface area contributed by atoms with Crippen molar-refractivity contribution < 1.29 is 14.6 Å². The molecule has 0 radical (unpaired) electrons. The van der Waals surface area contributed by atoms with Crippen molar-refractivity contribution in [1.29, 1.82) is 0 Å². The van der Waals surface area contributed by atoms with Crippen LogP contribution >= 0.6 is 11.3 Å². The smallest absolute Gasteiger partial charge is 0.345 e. The zero-order chi connectivity index (χ0) is 14.7. The molecule has 5 heteroatoms. The first-order valence-corrected chi connectivity index (χ1v) is 7.27. The summed E-state index contributed by atoms with van der Waals surface area (Å²) in [4.78, 5) is 15.5. The maximum absolute atomic E-state index is 11.1. The zero-order valence-electron chi connectivity index (χ0n) is 11.7. The molecule has 0 aliphatic heterocycles. The fourth-order valence-corrected chi connectivity index (χ4v) is 2.58. The van der Waals surface area contributed by atoms with E-state index in [1.54, 1.807) is 23.5 Å². The highest BCUT2D eigenvalue weighted by molar-refractivity contribution is 7.13. The number of nitrogens with zero attached hydrogens (tertiary/aromatic N) is 1. The summed E-state index contributed by atoms with van der Waals surface area (Å²) in [6.45, 7) is 5.61. The molecule has 2 rings (SSSR count). The van der Waals surface area contributed by atoms with Crippen LogP contribution in [0.3, 0.4) is 0 Å². The molecule has 0 saturated heterocycles. The van der Waals surface area contributed by atoms with Crippen LogP contribution in [0.15, 0.2) is 29.6 Å². The van der Waals surface area contributed by atoms with Crippen LogP contribution in [0.5, 0.6) is 5.75 Å². The summed E-state index contributed by atoms with van der Waals surface area (Å²) >= 11 is 1.59. The van der Waals surface area contributed by atoms with Crippen molar-refractivity contribution in [2.45, 2.75) is 26.9 Å². The minimum atomic E-state index is -0.945. The Balaban J connectivity index is 2.14. The van der Waals surface area contributed by atoms with Crippen LogP contribution in [0, 0.1) is 12.8 Å². The Morgan fingerprint density at radius 3 is 2.40 bits per heavy atom. The van der Waals surface area contributed by atoms with Gasteiger partial charge < -0.3 is 9.84 Å². The molecule has 106 valence electrons. The third-order valence-electron chi connectivity index (χ3n) is 2.83. The maximum atomic E-state index is 11.1. The molecule has 1 aromatic carbocycles. The van der Waals surface area contributed by atoms with E-state index in [9.17, 15) is 4.79 Å². The van der Waals surface area contributed by atoms with E-state index in [0.717, 1.165) is 16.3 Å². The number of hydrogen-bond donors (Lipinski definition) is 1. The summed E-state index contributed by atoms with van der Waals surface area (Å²) in [6.07, 6.45) is -0.831. The SMILES string of the molecule is Cc1csc(-c2ccc(OC(C(=O)O)C(C)C)cc2)n1. The fourth-order valence-electron chi connectivity index (χ4n) is 1.78. The highest BCUT2D eigenvalue weighted by Crippen LogP contribution is 2.26. The van der Waals surface area contributed by atoms with Gasteiger partial charge in [-0.15, -0.1) is 11.3 Å². The van der Waals surface area contributed by atoms with Gasteiger partial charge in [0.2, 0.25) is 0 Å². The van der Waals surface area contributed by atoms with Crippen LogP contribution in [-0.4, -0.2) is 22.2 Å². The number of aliphatic carboxylic acids is 1. The lowest BCUT2D eigenvalue weighted by Gasteiger charge is -2.18. The van der Waals surface area contributed by atoms with E-state index in [4.69, 9.17) is 9.84 Å². The van der Waals surface area contributed by atoms with Crippen LogP contribution in [0.4, 0.5) is 0 Å². The van der Waals surface area contributed by atoms with Gasteiger partial charge in [0.05, 0.1) is 0 Å². The molecule has 20 heavy (non-hydrogen) atoms. The van der Waals surface area contributed by atoms with E-state index in [1.165, 1.54) is 0 Å². The van der Waals surface area contributed by atoms with Gasteiger partial charge in [0.1, 0.15) is 10.8 Å². The molecule has 0 saturated carbocycles. The largest absolute Gasteiger partial charge is 0.478 e. The van der Waals surface area contributed by atoms with Crippen LogP contribution in [0.1, 0.15) is 19.5 Å². The van der Waals surface area contributed by atoms with Gasteiger partial charge in [-0.1, -0.05) is 13.8 Å². The van der Waals surface area contributed by atoms with Crippen LogP contribution in [0.2, 0.25) is 0 Å². The Morgan fingerprint density at radius 1 is 1.30 bits per heavy atom. The van der Waals surface area contributed by atoms with Crippen LogP contribution < -0.4 is 4.74 Å². The number of benzene rings is 1. The number of carboxylic acid groups (broad SMARTS) is 1. The molecule has 2 aromatic rings. The third kappa shape index (κ3) is 3.36. The number of carbonyl (C=O) groups is 1. The van der Waals surface area contributed by atoms with E-state index < -0.39 is 12.1 Å². The summed E-state index contributed by atoms with van der Waals surface area (Å²) in [6, 6.07) is 7.36. The van der Waals surface area contributed by atoms with Crippen molar-refractivity contribution >= 4 is 17.3 Å². The average molecular weight is 291 g/mol. The van der Waals surface area contributed by atoms with E-state index in [0.29, 0.717) is 5.75 Å². The van der Waals surface area contributed by atoms with Gasteiger partial charge in [0, 0.05) is 22.6 Å². The van der Waals surface area contributed by atoms with Crippen molar-refractivity contribution in [3.63, 3.8) is 0 Å². The number of ether oxygens (including phenoxy) is 1. The average Bonchev–Trinajstić information content (AvgIpc) is 2.82. The van der Waals surface area contributed by atoms with Crippen LogP contribution in [-0.2, 0) is 4.79 Å². The van der Waals surface area contributed by atoms with Crippen molar-refractivity contribution in [3.05, 3.63) is 35.3 Å². The summed E-state index contributed by atoms with van der Waals surface area (Å²) in [7, 11) is 0. The quantitative estimate of drug-likeness (QED) is 0.914. The second-order valence-electron chi connectivity index (χ2n) is 4.94. The summed E-state index contributed by atoms with van der Waals surface area (Å²) < 4.78 is 5.52. The highest BCUT2D eigenvalue weighted by atomic mass is 32.1. The molecule has 0 bridgehead atoms. The number of carboxylic acids is 1. The summed E-state index contributed by atoms with van der Waals surface area (Å²) in [5.74, 6) is -0.475. The summed E-state index contributed by atoms with van der Waals surface area (Å²) in [5.41, 5.74) is 2.00. The molecule has 1 heterocycles. The maximum Gasteiger partial charge on any atom is 0.345 e. The van der Waals surface area contributed by atoms with Gasteiger partial charge in [-0.3, -0.25) is 0 Å². The molecule has 0 fully saturated rings. The summed E-state index contributed by atoms with van der Waals surface area (Å²) in [5, 5.41) is 12.1. The van der Waals surface area contributed by atoms with Crippen molar-refractivity contribution in [2.75, 3.05) is 0 Å². The van der Waals surface area contributed by atoms with Gasteiger partial charge in [-0.25, -0.2) is 9.78 Å². The van der Waals surface area contributed by atoms with E-state index in [1.807, 2.05) is 38.3 Å². The second-order valence-corrected chi connectivity index (χ2v) is 5.80. The van der Waals surface area contributed by atoms with Gasteiger partial charge in [-0.05, 0) is 31.2 Å². The number of thiazole rings is 1. The van der Waals surface area contributed by atoms with Crippen molar-refractivity contribution in [3.8, 4) is 16.3 Å². The predicted molar refractivity (Wildman–Crippen MR) is 79.2 cm³/mol. The molecule has 1 N–H and O–H groups in total. The van der Waals surface area contributed by atoms with E-state index >= 15 is 0 Å². The number of aromatic nitrogens is 1. The lowest BCUT2D eigenvalue weighted by molar-refractivity contribution is -0.147. The monoisotopic (exact) mass is 291 g/mol. The first-order valence-electron chi connectivity index (χ1n) is 6.39. The molecule has 0 aliphatic rings. The Labute approximate surface area is 122 Å². The number of rotatable bonds is 5. The molecular formula is C15H17NO3S. The lowest BCUT2D eigenvalue weighted by Crippen LogP contribution is -2.32. The minimum absolute atomic E-state index is 0.0891. The Morgan fingerprint density at radius 2 is 1.95 bits per heavy atom. The molecule has 0 aliphatic carbocycles. The molecule has 4 nitrogen and oxygen atoms in total. The topological polar surface area (TPSA) is 59.4 Å². The Hall–Kier alpha value is -1.88. The second kappa shape index (κ2) is 6.05. The van der Waals surface area contributed by atoms with E-state index in [-0.39, 0.29) is 5.92 Å². The van der Waals surface area contributed by atoms with Crippen LogP contribution in [0.25, 0.3) is 10.6 Å². The van der Waals surface area contributed by atoms with Crippen molar-refractivity contribution in [2.24, 2.45) is 5.92 Å². The van der Waals surface area contributed by atoms with Gasteiger partial charge in [0.25, 0.3) is 0 Å². The fraction of sp³-hybridized carbons (Fsp3) is 0.333. The van der Waals surface area contributed by atoms with E-state index in [2.05, 4.69) is 4.98 Å². The first kappa shape index (κ1) is 14.5. The molecule has 0 spiro atoms. The zero-order valence-corrected chi connectivity index (χ0v) is 12.5.